The van der Waals surface area contributed by atoms with Gasteiger partial charge in [0.25, 0.3) is 5.91 Å². The number of halogens is 1. The van der Waals surface area contributed by atoms with Crippen LogP contribution in [0.5, 0.6) is 5.75 Å². The highest BCUT2D eigenvalue weighted by Crippen LogP contribution is 2.34. The van der Waals surface area contributed by atoms with E-state index < -0.39 is 17.8 Å². The normalized spacial score (nSPS) is 15.4. The summed E-state index contributed by atoms with van der Waals surface area (Å²) in [7, 11) is 2.17. The molecule has 0 bridgehead atoms. The Morgan fingerprint density at radius 2 is 1.87 bits per heavy atom. The van der Waals surface area contributed by atoms with Gasteiger partial charge in [-0.05, 0) is 85.7 Å². The summed E-state index contributed by atoms with van der Waals surface area (Å²) in [5.41, 5.74) is 4.13. The van der Waals surface area contributed by atoms with Crippen molar-refractivity contribution in [2.45, 2.75) is 24.8 Å². The summed E-state index contributed by atoms with van der Waals surface area (Å²) in [4.78, 5) is 24.3. The molecule has 8 heteroatoms. The molecule has 6 nitrogen and oxygen atoms in total. The highest BCUT2D eigenvalue weighted by Gasteiger charge is 2.25. The number of aromatic nitrogens is 2. The van der Waals surface area contributed by atoms with Crippen molar-refractivity contribution in [3.63, 3.8) is 0 Å². The van der Waals surface area contributed by atoms with Crippen LogP contribution in [0.15, 0.2) is 79.0 Å². The number of para-hydroxylation sites is 1. The minimum Gasteiger partial charge on any atom is -0.508 e. The number of amides is 1. The van der Waals surface area contributed by atoms with Crippen molar-refractivity contribution >= 4 is 28.1 Å². The number of aromatic amines is 1. The van der Waals surface area contributed by atoms with E-state index in [-0.39, 0.29) is 11.3 Å². The predicted molar refractivity (Wildman–Crippen MR) is 153 cm³/mol. The van der Waals surface area contributed by atoms with Gasteiger partial charge in [-0.1, -0.05) is 42.5 Å². The van der Waals surface area contributed by atoms with Crippen LogP contribution in [0.3, 0.4) is 0 Å². The van der Waals surface area contributed by atoms with Crippen molar-refractivity contribution in [2.75, 3.05) is 20.1 Å². The lowest BCUT2D eigenvalue weighted by atomic mass is 9.89. The van der Waals surface area contributed by atoms with Crippen molar-refractivity contribution in [1.82, 2.24) is 20.2 Å². The van der Waals surface area contributed by atoms with E-state index in [4.69, 9.17) is 0 Å². The van der Waals surface area contributed by atoms with Gasteiger partial charge in [0.15, 0.2) is 5.01 Å². The van der Waals surface area contributed by atoms with E-state index in [1.807, 2.05) is 30.3 Å². The molecule has 1 saturated heterocycles. The second-order valence-corrected chi connectivity index (χ2v) is 11.2. The van der Waals surface area contributed by atoms with E-state index in [9.17, 15) is 14.3 Å². The van der Waals surface area contributed by atoms with Crippen molar-refractivity contribution in [3.8, 4) is 16.2 Å². The van der Waals surface area contributed by atoms with E-state index in [0.29, 0.717) is 16.6 Å². The number of H-pyrrole nitrogens is 1. The molecule has 0 spiro atoms. The number of fused-ring (bicyclic) bond motifs is 1. The fraction of sp³-hybridized carbons (Fsp3) is 0.226. The third kappa shape index (κ3) is 5.30. The zero-order chi connectivity index (χ0) is 26.9. The van der Waals surface area contributed by atoms with Gasteiger partial charge in [-0.15, -0.1) is 11.3 Å². The topological polar surface area (TPSA) is 81.2 Å². The first-order valence-electron chi connectivity index (χ1n) is 13.1. The Balaban J connectivity index is 1.24. The molecule has 198 valence electrons. The van der Waals surface area contributed by atoms with Crippen LogP contribution in [-0.2, 0) is 0 Å². The molecule has 1 atom stereocenters. The Morgan fingerprint density at radius 3 is 2.64 bits per heavy atom. The minimum absolute atomic E-state index is 0.107. The van der Waals surface area contributed by atoms with Crippen molar-refractivity contribution in [3.05, 3.63) is 107 Å². The maximum atomic E-state index is 14.2. The first-order chi connectivity index (χ1) is 18.9. The van der Waals surface area contributed by atoms with Gasteiger partial charge in [-0.2, -0.15) is 0 Å². The zero-order valence-corrected chi connectivity index (χ0v) is 22.3. The van der Waals surface area contributed by atoms with E-state index in [0.717, 1.165) is 34.4 Å². The number of hydrogen-bond acceptors (Lipinski definition) is 5. The number of phenolic OH excluding ortho intramolecular Hbond substituents is 1. The van der Waals surface area contributed by atoms with Crippen LogP contribution in [0.1, 0.15) is 51.4 Å². The van der Waals surface area contributed by atoms with Crippen LogP contribution in [0, 0.1) is 5.82 Å². The number of carbonyl (C=O) groups is 1. The van der Waals surface area contributed by atoms with Gasteiger partial charge in [-0.3, -0.25) is 4.79 Å². The van der Waals surface area contributed by atoms with Gasteiger partial charge in [0.05, 0.1) is 10.9 Å². The number of benzene rings is 3. The van der Waals surface area contributed by atoms with Crippen LogP contribution in [-0.4, -0.2) is 46.0 Å². The van der Waals surface area contributed by atoms with Crippen molar-refractivity contribution < 1.29 is 14.3 Å². The number of aromatic hydroxyl groups is 1. The molecule has 5 aromatic rings. The Kier molecular flexibility index (Phi) is 6.89. The van der Waals surface area contributed by atoms with Gasteiger partial charge in [0, 0.05) is 23.0 Å². The lowest BCUT2D eigenvalue weighted by molar-refractivity contribution is 0.0941. The van der Waals surface area contributed by atoms with Gasteiger partial charge < -0.3 is 20.3 Å². The quantitative estimate of drug-likeness (QED) is 0.231. The summed E-state index contributed by atoms with van der Waals surface area (Å²) >= 11 is 1.30. The van der Waals surface area contributed by atoms with Crippen LogP contribution in [0.4, 0.5) is 4.39 Å². The molecule has 0 aliphatic carbocycles. The van der Waals surface area contributed by atoms with E-state index in [1.165, 1.54) is 47.9 Å². The SMILES string of the molecule is CN1CCC(c2ccc(-c3cnc(C(=O)N[C@@H](c4cc5ccccc5[nH]4)c4cc(F)ccc4O)s3)cc2)CC1. The number of nitrogens with one attached hydrogen (secondary N) is 2. The van der Waals surface area contributed by atoms with E-state index in [1.54, 1.807) is 6.20 Å². The highest BCUT2D eigenvalue weighted by molar-refractivity contribution is 7.17. The number of rotatable bonds is 6. The third-order valence-corrected chi connectivity index (χ3v) is 8.57. The molecule has 0 unspecified atom stereocenters. The zero-order valence-electron chi connectivity index (χ0n) is 21.5. The molecule has 39 heavy (non-hydrogen) atoms. The summed E-state index contributed by atoms with van der Waals surface area (Å²) in [5, 5.41) is 14.8. The molecule has 3 aromatic carbocycles. The Hall–Kier alpha value is -4.01. The average molecular weight is 541 g/mol. The second kappa shape index (κ2) is 10.6. The molecule has 1 amide bonds. The molecule has 0 saturated carbocycles. The smallest absolute Gasteiger partial charge is 0.281 e. The van der Waals surface area contributed by atoms with Crippen LogP contribution >= 0.6 is 11.3 Å². The molecular weight excluding hydrogens is 511 g/mol. The van der Waals surface area contributed by atoms with Gasteiger partial charge >= 0.3 is 0 Å². The minimum atomic E-state index is -0.804. The second-order valence-electron chi connectivity index (χ2n) is 10.2. The lowest BCUT2D eigenvalue weighted by Gasteiger charge is -2.29. The van der Waals surface area contributed by atoms with Crippen molar-refractivity contribution in [2.24, 2.45) is 0 Å². The number of thiazole rings is 1. The fourth-order valence-corrected chi connectivity index (χ4v) is 6.12. The van der Waals surface area contributed by atoms with Crippen LogP contribution in [0.2, 0.25) is 0 Å². The predicted octanol–water partition coefficient (Wildman–Crippen LogP) is 6.46. The molecule has 3 N–H and O–H groups in total. The summed E-state index contributed by atoms with van der Waals surface area (Å²) in [5.74, 6) is -0.427. The summed E-state index contributed by atoms with van der Waals surface area (Å²) in [6.07, 6.45) is 4.04. The number of likely N-dealkylation sites (tertiary alicyclic amines) is 1. The van der Waals surface area contributed by atoms with Gasteiger partial charge in [0.1, 0.15) is 11.6 Å². The summed E-state index contributed by atoms with van der Waals surface area (Å²) < 4.78 is 14.2. The largest absolute Gasteiger partial charge is 0.508 e. The average Bonchev–Trinajstić information content (AvgIpc) is 3.62. The molecule has 1 fully saturated rings. The van der Waals surface area contributed by atoms with E-state index >= 15 is 0 Å². The summed E-state index contributed by atoms with van der Waals surface area (Å²) in [6.45, 7) is 2.24. The first kappa shape index (κ1) is 25.3. The molecule has 2 aromatic heterocycles. The Labute approximate surface area is 230 Å². The lowest BCUT2D eigenvalue weighted by Crippen LogP contribution is -2.29. The van der Waals surface area contributed by atoms with Gasteiger partial charge in [0.2, 0.25) is 0 Å². The summed E-state index contributed by atoms with van der Waals surface area (Å²) in [6, 6.07) is 21.1. The van der Waals surface area contributed by atoms with Crippen LogP contribution in [0.25, 0.3) is 21.3 Å². The monoisotopic (exact) mass is 540 g/mol. The number of carbonyl (C=O) groups excluding carboxylic acids is 1. The number of hydrogen-bond donors (Lipinski definition) is 3. The Bertz CT molecular complexity index is 1590. The third-order valence-electron chi connectivity index (χ3n) is 7.52. The highest BCUT2D eigenvalue weighted by atomic mass is 32.1. The standard InChI is InChI=1S/C31H29FN4O2S/c1-36-14-12-20(13-15-36)19-6-8-21(9-7-19)28-18-33-31(39-28)30(38)35-29(24-17-23(32)10-11-27(24)37)26-16-22-4-2-3-5-25(22)34-26/h2-11,16-18,20,29,34,37H,12-15H2,1H3,(H,35,38)/t29-/m1/s1. The molecular formula is C31H29FN4O2S. The Morgan fingerprint density at radius 1 is 1.10 bits per heavy atom. The molecule has 0 radical (unpaired) electrons. The molecule has 3 heterocycles. The van der Waals surface area contributed by atoms with E-state index in [2.05, 4.69) is 51.5 Å². The first-order valence-corrected chi connectivity index (χ1v) is 13.9. The maximum Gasteiger partial charge on any atom is 0.281 e. The number of nitrogens with zero attached hydrogens (tertiary/aromatic N) is 2. The number of piperidine rings is 1. The molecule has 1 aliphatic rings. The van der Waals surface area contributed by atoms with Crippen LogP contribution < -0.4 is 5.32 Å². The maximum absolute atomic E-state index is 14.2. The van der Waals surface area contributed by atoms with Gasteiger partial charge in [-0.25, -0.2) is 9.37 Å². The molecule has 6 rings (SSSR count). The molecule has 1 aliphatic heterocycles. The van der Waals surface area contributed by atoms with Crippen molar-refractivity contribution in [1.29, 1.82) is 0 Å². The fourth-order valence-electron chi connectivity index (χ4n) is 5.30. The number of phenols is 1.